The third kappa shape index (κ3) is 6.58. The Morgan fingerprint density at radius 2 is 1.58 bits per heavy atom. The summed E-state index contributed by atoms with van der Waals surface area (Å²) in [6.45, 7) is 6.98. The molecule has 38 heavy (non-hydrogen) atoms. The highest BCUT2D eigenvalue weighted by Gasteiger charge is 2.23. The quantitative estimate of drug-likeness (QED) is 0.442. The highest BCUT2D eigenvalue weighted by molar-refractivity contribution is 5.95. The Balaban J connectivity index is 1.19. The second-order valence-corrected chi connectivity index (χ2v) is 10.2. The molecule has 2 aliphatic heterocycles. The van der Waals surface area contributed by atoms with Crippen molar-refractivity contribution >= 4 is 17.5 Å². The van der Waals surface area contributed by atoms with E-state index in [4.69, 9.17) is 0 Å². The number of para-hydroxylation sites is 1. The van der Waals surface area contributed by atoms with Crippen LogP contribution in [0, 0.1) is 0 Å². The minimum absolute atomic E-state index is 0.0798. The van der Waals surface area contributed by atoms with E-state index in [9.17, 15) is 9.59 Å². The summed E-state index contributed by atoms with van der Waals surface area (Å²) < 4.78 is 0. The molecule has 0 unspecified atom stereocenters. The second kappa shape index (κ2) is 12.7. The number of anilines is 1. The van der Waals surface area contributed by atoms with Crippen LogP contribution >= 0.6 is 0 Å². The van der Waals surface area contributed by atoms with E-state index in [-0.39, 0.29) is 11.8 Å². The predicted octanol–water partition coefficient (Wildman–Crippen LogP) is 3.86. The molecule has 2 fully saturated rings. The zero-order chi connectivity index (χ0) is 26.2. The smallest absolute Gasteiger partial charge is 0.252 e. The number of pyridine rings is 1. The van der Waals surface area contributed by atoms with Gasteiger partial charge in [0.2, 0.25) is 5.91 Å². The maximum Gasteiger partial charge on any atom is 0.252 e. The number of nitrogens with one attached hydrogen (secondary N) is 1. The minimum Gasteiger partial charge on any atom is -0.367 e. The van der Waals surface area contributed by atoms with Gasteiger partial charge in [0.05, 0.1) is 12.0 Å². The molecule has 0 radical (unpaired) electrons. The van der Waals surface area contributed by atoms with E-state index in [1.165, 1.54) is 25.9 Å². The average molecular weight is 512 g/mol. The number of carbonyl (C=O) groups excluding carboxylic acids is 2. The molecule has 3 aromatic rings. The van der Waals surface area contributed by atoms with Crippen molar-refractivity contribution in [2.24, 2.45) is 0 Å². The summed E-state index contributed by atoms with van der Waals surface area (Å²) in [6.07, 6.45) is 7.43. The number of likely N-dealkylation sites (tertiary alicyclic amines) is 1. The Morgan fingerprint density at radius 1 is 0.842 bits per heavy atom. The highest BCUT2D eigenvalue weighted by Crippen LogP contribution is 2.31. The van der Waals surface area contributed by atoms with Crippen LogP contribution in [0.5, 0.6) is 0 Å². The summed E-state index contributed by atoms with van der Waals surface area (Å²) in [5.74, 6) is 0.0938. The largest absolute Gasteiger partial charge is 0.367 e. The molecule has 0 aliphatic carbocycles. The fraction of sp³-hybridized carbons (Fsp3) is 0.387. The van der Waals surface area contributed by atoms with Gasteiger partial charge in [-0.05, 0) is 56.6 Å². The molecule has 2 amide bonds. The first-order valence-electron chi connectivity index (χ1n) is 13.8. The molecule has 1 aromatic heterocycles. The number of rotatable bonds is 9. The molecule has 2 aromatic carbocycles. The molecule has 0 spiro atoms. The van der Waals surface area contributed by atoms with Crippen molar-refractivity contribution in [1.29, 1.82) is 0 Å². The van der Waals surface area contributed by atoms with Crippen LogP contribution in [-0.2, 0) is 11.2 Å². The number of hydrogen-bond acceptors (Lipinski definition) is 5. The molecule has 1 N–H and O–H groups in total. The van der Waals surface area contributed by atoms with Gasteiger partial charge in [-0.2, -0.15) is 0 Å². The molecular weight excluding hydrogens is 474 g/mol. The molecule has 3 heterocycles. The van der Waals surface area contributed by atoms with E-state index in [0.29, 0.717) is 31.6 Å². The van der Waals surface area contributed by atoms with Crippen molar-refractivity contribution < 1.29 is 9.59 Å². The second-order valence-electron chi connectivity index (χ2n) is 10.2. The van der Waals surface area contributed by atoms with Gasteiger partial charge in [0.25, 0.3) is 5.91 Å². The first-order chi connectivity index (χ1) is 18.7. The molecule has 7 heteroatoms. The maximum absolute atomic E-state index is 12.8. The van der Waals surface area contributed by atoms with Crippen molar-refractivity contribution in [3.05, 3.63) is 84.2 Å². The van der Waals surface area contributed by atoms with E-state index in [2.05, 4.69) is 32.2 Å². The van der Waals surface area contributed by atoms with Crippen LogP contribution in [0.15, 0.2) is 73.1 Å². The Morgan fingerprint density at radius 3 is 2.37 bits per heavy atom. The molecule has 5 rings (SSSR count). The van der Waals surface area contributed by atoms with Crippen LogP contribution in [0.2, 0.25) is 0 Å². The van der Waals surface area contributed by atoms with Crippen LogP contribution in [0.1, 0.15) is 35.2 Å². The van der Waals surface area contributed by atoms with E-state index in [0.717, 1.165) is 48.4 Å². The van der Waals surface area contributed by atoms with Crippen LogP contribution < -0.4 is 10.2 Å². The van der Waals surface area contributed by atoms with Gasteiger partial charge in [-0.3, -0.25) is 14.6 Å². The van der Waals surface area contributed by atoms with Crippen LogP contribution in [0.3, 0.4) is 0 Å². The zero-order valence-corrected chi connectivity index (χ0v) is 22.0. The Bertz CT molecular complexity index is 1220. The third-order valence-corrected chi connectivity index (χ3v) is 7.52. The van der Waals surface area contributed by atoms with Gasteiger partial charge in [-0.1, -0.05) is 48.5 Å². The van der Waals surface area contributed by atoms with E-state index < -0.39 is 0 Å². The molecule has 2 saturated heterocycles. The summed E-state index contributed by atoms with van der Waals surface area (Å²) in [7, 11) is 0. The molecule has 0 atom stereocenters. The predicted molar refractivity (Wildman–Crippen MR) is 151 cm³/mol. The van der Waals surface area contributed by atoms with Crippen LogP contribution in [0.4, 0.5) is 5.69 Å². The van der Waals surface area contributed by atoms with Gasteiger partial charge in [-0.15, -0.1) is 0 Å². The zero-order valence-electron chi connectivity index (χ0n) is 22.0. The summed E-state index contributed by atoms with van der Waals surface area (Å²) in [4.78, 5) is 36.8. The maximum atomic E-state index is 12.8. The molecule has 0 saturated carbocycles. The third-order valence-electron chi connectivity index (χ3n) is 7.52. The summed E-state index contributed by atoms with van der Waals surface area (Å²) >= 11 is 0. The van der Waals surface area contributed by atoms with Gasteiger partial charge in [0.1, 0.15) is 0 Å². The van der Waals surface area contributed by atoms with Crippen LogP contribution in [0.25, 0.3) is 11.1 Å². The molecule has 7 nitrogen and oxygen atoms in total. The van der Waals surface area contributed by atoms with E-state index in [1.54, 1.807) is 6.20 Å². The minimum atomic E-state index is -0.0798. The lowest BCUT2D eigenvalue weighted by molar-refractivity contribution is -0.130. The van der Waals surface area contributed by atoms with Gasteiger partial charge in [-0.25, -0.2) is 0 Å². The topological polar surface area (TPSA) is 68.8 Å². The molecule has 0 bridgehead atoms. The number of piperazine rings is 1. The summed E-state index contributed by atoms with van der Waals surface area (Å²) in [6, 6.07) is 20.1. The number of benzene rings is 2. The van der Waals surface area contributed by atoms with Crippen molar-refractivity contribution in [2.75, 3.05) is 57.3 Å². The van der Waals surface area contributed by atoms with Crippen molar-refractivity contribution in [1.82, 2.24) is 20.1 Å². The lowest BCUT2D eigenvalue weighted by atomic mass is 10.0. The molecule has 2 aliphatic rings. The fourth-order valence-electron chi connectivity index (χ4n) is 5.40. The van der Waals surface area contributed by atoms with Gasteiger partial charge < -0.3 is 20.0 Å². The fourth-order valence-corrected chi connectivity index (χ4v) is 5.40. The number of hydrogen-bond donors (Lipinski definition) is 1. The number of carbonyl (C=O) groups is 2. The average Bonchev–Trinajstić information content (AvgIpc) is 3.50. The number of amides is 2. The van der Waals surface area contributed by atoms with Crippen molar-refractivity contribution in [3.63, 3.8) is 0 Å². The Hall–Kier alpha value is -3.71. The Kier molecular flexibility index (Phi) is 8.66. The number of aromatic nitrogens is 1. The van der Waals surface area contributed by atoms with Crippen molar-refractivity contribution in [3.8, 4) is 11.1 Å². The van der Waals surface area contributed by atoms with Crippen LogP contribution in [-0.4, -0.2) is 79.0 Å². The number of nitrogens with zero attached hydrogens (tertiary/aromatic N) is 4. The monoisotopic (exact) mass is 511 g/mol. The van der Waals surface area contributed by atoms with Gasteiger partial charge >= 0.3 is 0 Å². The lowest BCUT2D eigenvalue weighted by Crippen LogP contribution is -2.49. The standard InChI is InChI=1S/C31H37N5O2/c37-30(21-25-9-2-1-3-10-25)36-19-17-35(18-20-36)29-12-5-4-11-28(29)26-22-27(24-32-23-26)31(38)33-13-8-16-34-14-6-7-15-34/h1-5,9-12,22-24H,6-8,13-21H2,(H,33,38). The first kappa shape index (κ1) is 25.9. The summed E-state index contributed by atoms with van der Waals surface area (Å²) in [5.41, 5.74) is 4.70. The lowest BCUT2D eigenvalue weighted by Gasteiger charge is -2.37. The van der Waals surface area contributed by atoms with Gasteiger partial charge in [0, 0.05) is 61.9 Å². The van der Waals surface area contributed by atoms with E-state index >= 15 is 0 Å². The SMILES string of the molecule is O=C(NCCCN1CCCC1)c1cncc(-c2ccccc2N2CCN(C(=O)Cc3ccccc3)CC2)c1. The Labute approximate surface area is 225 Å². The molecular formula is C31H37N5O2. The van der Waals surface area contributed by atoms with Crippen molar-refractivity contribution in [2.45, 2.75) is 25.7 Å². The van der Waals surface area contributed by atoms with E-state index in [1.807, 2.05) is 59.6 Å². The highest BCUT2D eigenvalue weighted by atomic mass is 16.2. The summed E-state index contributed by atoms with van der Waals surface area (Å²) in [5, 5.41) is 3.06. The first-order valence-corrected chi connectivity index (χ1v) is 13.8. The normalized spacial score (nSPS) is 16.0. The van der Waals surface area contributed by atoms with Gasteiger partial charge in [0.15, 0.2) is 0 Å². The molecule has 198 valence electrons.